The zero-order valence-corrected chi connectivity index (χ0v) is 10.1. The normalized spacial score (nSPS) is 11.2. The molecule has 1 rings (SSSR count). The monoisotopic (exact) mass is 221 g/mol. The molecule has 16 heavy (non-hydrogen) atoms. The quantitative estimate of drug-likeness (QED) is 0.829. The van der Waals surface area contributed by atoms with Crippen LogP contribution in [0.2, 0.25) is 0 Å². The van der Waals surface area contributed by atoms with E-state index in [9.17, 15) is 4.79 Å². The Morgan fingerprint density at radius 1 is 1.50 bits per heavy atom. The highest BCUT2D eigenvalue weighted by atomic mass is 16.2. The molecule has 0 unspecified atom stereocenters. The van der Waals surface area contributed by atoms with Crippen molar-refractivity contribution in [3.8, 4) is 0 Å². The number of amides is 1. The van der Waals surface area contributed by atoms with Crippen LogP contribution in [-0.2, 0) is 0 Å². The van der Waals surface area contributed by atoms with Gasteiger partial charge >= 0.3 is 0 Å². The molecular formula is C12H19N3O. The lowest BCUT2D eigenvalue weighted by molar-refractivity contribution is 0.0735. The zero-order valence-electron chi connectivity index (χ0n) is 10.1. The van der Waals surface area contributed by atoms with E-state index in [0.29, 0.717) is 18.8 Å². The predicted molar refractivity (Wildman–Crippen MR) is 64.0 cm³/mol. The molecule has 1 amide bonds. The molecule has 0 radical (unpaired) electrons. The number of nitrogens with two attached hydrogens (primary N) is 1. The van der Waals surface area contributed by atoms with Crippen molar-refractivity contribution in [2.75, 3.05) is 20.1 Å². The van der Waals surface area contributed by atoms with E-state index in [4.69, 9.17) is 5.73 Å². The van der Waals surface area contributed by atoms with Crippen molar-refractivity contribution in [2.24, 2.45) is 11.1 Å². The topological polar surface area (TPSA) is 59.2 Å². The van der Waals surface area contributed by atoms with Crippen molar-refractivity contribution < 1.29 is 4.79 Å². The standard InChI is InChI=1S/C12H19N3O/c1-12(2,8-13)9-15(3)11(16)10-6-4-5-7-14-10/h4-7H,8-9,13H2,1-3H3. The van der Waals surface area contributed by atoms with E-state index in [0.717, 1.165) is 0 Å². The van der Waals surface area contributed by atoms with Crippen LogP contribution in [0.5, 0.6) is 0 Å². The fourth-order valence-electron chi connectivity index (χ4n) is 1.46. The highest BCUT2D eigenvalue weighted by Crippen LogP contribution is 2.14. The molecule has 0 aliphatic carbocycles. The van der Waals surface area contributed by atoms with Crippen LogP contribution in [0.1, 0.15) is 24.3 Å². The second kappa shape index (κ2) is 5.07. The smallest absolute Gasteiger partial charge is 0.272 e. The van der Waals surface area contributed by atoms with Crippen LogP contribution in [0, 0.1) is 5.41 Å². The Morgan fingerprint density at radius 3 is 2.69 bits per heavy atom. The summed E-state index contributed by atoms with van der Waals surface area (Å²) in [7, 11) is 1.77. The van der Waals surface area contributed by atoms with E-state index in [-0.39, 0.29) is 11.3 Å². The number of rotatable bonds is 4. The lowest BCUT2D eigenvalue weighted by Crippen LogP contribution is -2.40. The van der Waals surface area contributed by atoms with Gasteiger partial charge in [-0.05, 0) is 24.1 Å². The molecule has 4 nitrogen and oxygen atoms in total. The summed E-state index contributed by atoms with van der Waals surface area (Å²) in [5, 5.41) is 0. The lowest BCUT2D eigenvalue weighted by atomic mass is 9.93. The first-order valence-electron chi connectivity index (χ1n) is 5.33. The molecule has 2 N–H and O–H groups in total. The second-order valence-corrected chi connectivity index (χ2v) is 4.74. The highest BCUT2D eigenvalue weighted by molar-refractivity contribution is 5.92. The molecule has 0 spiro atoms. The minimum absolute atomic E-state index is 0.0675. The number of hydrogen-bond donors (Lipinski definition) is 1. The van der Waals surface area contributed by atoms with E-state index in [1.807, 2.05) is 19.9 Å². The fourth-order valence-corrected chi connectivity index (χ4v) is 1.46. The summed E-state index contributed by atoms with van der Waals surface area (Å²) < 4.78 is 0. The summed E-state index contributed by atoms with van der Waals surface area (Å²) in [6, 6.07) is 5.32. The van der Waals surface area contributed by atoms with Gasteiger partial charge in [0.2, 0.25) is 0 Å². The molecule has 0 bridgehead atoms. The average molecular weight is 221 g/mol. The SMILES string of the molecule is CN(CC(C)(C)CN)C(=O)c1ccccn1. The summed E-state index contributed by atoms with van der Waals surface area (Å²) in [5.74, 6) is -0.0675. The average Bonchev–Trinajstić information content (AvgIpc) is 2.28. The number of nitrogens with zero attached hydrogens (tertiary/aromatic N) is 2. The number of carbonyl (C=O) groups excluding carboxylic acids is 1. The van der Waals surface area contributed by atoms with Crippen LogP contribution >= 0.6 is 0 Å². The van der Waals surface area contributed by atoms with Gasteiger partial charge in [-0.1, -0.05) is 19.9 Å². The number of hydrogen-bond acceptors (Lipinski definition) is 3. The molecule has 0 fully saturated rings. The Balaban J connectivity index is 2.69. The van der Waals surface area contributed by atoms with Crippen LogP contribution in [0.25, 0.3) is 0 Å². The van der Waals surface area contributed by atoms with Gasteiger partial charge in [-0.3, -0.25) is 9.78 Å². The predicted octanol–water partition coefficient (Wildman–Crippen LogP) is 1.14. The molecule has 0 aliphatic heterocycles. The molecule has 1 aromatic rings. The summed E-state index contributed by atoms with van der Waals surface area (Å²) >= 11 is 0. The van der Waals surface area contributed by atoms with Crippen LogP contribution in [-0.4, -0.2) is 35.9 Å². The molecule has 0 aliphatic rings. The molecule has 1 heterocycles. The van der Waals surface area contributed by atoms with Crippen molar-refractivity contribution in [1.82, 2.24) is 9.88 Å². The molecule has 4 heteroatoms. The van der Waals surface area contributed by atoms with Gasteiger partial charge in [-0.25, -0.2) is 0 Å². The van der Waals surface area contributed by atoms with Crippen molar-refractivity contribution >= 4 is 5.91 Å². The molecule has 1 aromatic heterocycles. The van der Waals surface area contributed by atoms with Gasteiger partial charge < -0.3 is 10.6 Å². The summed E-state index contributed by atoms with van der Waals surface area (Å²) in [6.45, 7) is 5.25. The third kappa shape index (κ3) is 3.31. The van der Waals surface area contributed by atoms with Crippen molar-refractivity contribution in [3.63, 3.8) is 0 Å². The maximum atomic E-state index is 12.0. The van der Waals surface area contributed by atoms with E-state index in [1.165, 1.54) is 0 Å². The first-order valence-corrected chi connectivity index (χ1v) is 5.33. The third-order valence-electron chi connectivity index (χ3n) is 2.45. The van der Waals surface area contributed by atoms with Gasteiger partial charge in [-0.2, -0.15) is 0 Å². The number of carbonyl (C=O) groups is 1. The van der Waals surface area contributed by atoms with E-state index in [1.54, 1.807) is 30.3 Å². The summed E-state index contributed by atoms with van der Waals surface area (Å²) in [5.41, 5.74) is 6.04. The fraction of sp³-hybridized carbons (Fsp3) is 0.500. The Morgan fingerprint density at radius 2 is 2.19 bits per heavy atom. The largest absolute Gasteiger partial charge is 0.340 e. The lowest BCUT2D eigenvalue weighted by Gasteiger charge is -2.28. The first-order chi connectivity index (χ1) is 7.46. The Kier molecular flexibility index (Phi) is 4.01. The molecule has 0 saturated carbocycles. The van der Waals surface area contributed by atoms with Gasteiger partial charge in [0.25, 0.3) is 5.91 Å². The van der Waals surface area contributed by atoms with Gasteiger partial charge in [0.05, 0.1) is 0 Å². The van der Waals surface area contributed by atoms with E-state index in [2.05, 4.69) is 4.98 Å². The summed E-state index contributed by atoms with van der Waals surface area (Å²) in [4.78, 5) is 17.7. The van der Waals surface area contributed by atoms with Gasteiger partial charge in [0, 0.05) is 19.8 Å². The Labute approximate surface area is 96.5 Å². The first kappa shape index (κ1) is 12.6. The molecule has 0 saturated heterocycles. The van der Waals surface area contributed by atoms with Crippen LogP contribution in [0.4, 0.5) is 0 Å². The van der Waals surface area contributed by atoms with Crippen LogP contribution in [0.15, 0.2) is 24.4 Å². The zero-order chi connectivity index (χ0) is 12.2. The Hall–Kier alpha value is -1.42. The van der Waals surface area contributed by atoms with Crippen LogP contribution < -0.4 is 5.73 Å². The van der Waals surface area contributed by atoms with Crippen molar-refractivity contribution in [1.29, 1.82) is 0 Å². The second-order valence-electron chi connectivity index (χ2n) is 4.74. The maximum Gasteiger partial charge on any atom is 0.272 e. The Bertz CT molecular complexity index is 349. The highest BCUT2D eigenvalue weighted by Gasteiger charge is 2.22. The number of aromatic nitrogens is 1. The van der Waals surface area contributed by atoms with Gasteiger partial charge in [-0.15, -0.1) is 0 Å². The molecule has 0 atom stereocenters. The minimum atomic E-state index is -0.0702. The third-order valence-corrected chi connectivity index (χ3v) is 2.45. The minimum Gasteiger partial charge on any atom is -0.340 e. The van der Waals surface area contributed by atoms with Crippen molar-refractivity contribution in [3.05, 3.63) is 30.1 Å². The van der Waals surface area contributed by atoms with Gasteiger partial charge in [0.1, 0.15) is 5.69 Å². The van der Waals surface area contributed by atoms with Gasteiger partial charge in [0.15, 0.2) is 0 Å². The summed E-state index contributed by atoms with van der Waals surface area (Å²) in [6.07, 6.45) is 1.62. The van der Waals surface area contributed by atoms with Crippen molar-refractivity contribution in [2.45, 2.75) is 13.8 Å². The number of pyridine rings is 1. The van der Waals surface area contributed by atoms with E-state index < -0.39 is 0 Å². The molecular weight excluding hydrogens is 202 g/mol. The van der Waals surface area contributed by atoms with Crippen LogP contribution in [0.3, 0.4) is 0 Å². The molecule has 0 aromatic carbocycles. The maximum absolute atomic E-state index is 12.0. The van der Waals surface area contributed by atoms with E-state index >= 15 is 0 Å². The molecule has 88 valence electrons.